The fourth-order valence-electron chi connectivity index (χ4n) is 1.95. The quantitative estimate of drug-likeness (QED) is 0.701. The van der Waals surface area contributed by atoms with Crippen molar-refractivity contribution < 1.29 is 28.6 Å². The van der Waals surface area contributed by atoms with Crippen LogP contribution in [0.5, 0.6) is 5.75 Å². The topological polar surface area (TPSA) is 104 Å². The number of benzene rings is 1. The van der Waals surface area contributed by atoms with Crippen LogP contribution in [0.15, 0.2) is 29.6 Å². The van der Waals surface area contributed by atoms with Gasteiger partial charge in [-0.05, 0) is 19.1 Å². The lowest BCUT2D eigenvalue weighted by atomic mass is 10.2. The minimum atomic E-state index is -0.658. The summed E-state index contributed by atoms with van der Waals surface area (Å²) in [7, 11) is 1.29. The standard InChI is InChI=1S/C17H18N2O6S/c1-3-24-13-7-5-4-6-12(13)16(22)25-9-14(20)19-17-18-11(10-26-17)8-15(21)23-2/h4-7,10H,3,8-9H2,1-2H3,(H,18,19,20). The van der Waals surface area contributed by atoms with E-state index in [-0.39, 0.29) is 12.0 Å². The Morgan fingerprint density at radius 1 is 1.23 bits per heavy atom. The number of hydrogen-bond donors (Lipinski definition) is 1. The Balaban J connectivity index is 1.87. The lowest BCUT2D eigenvalue weighted by molar-refractivity contribution is -0.139. The van der Waals surface area contributed by atoms with Crippen molar-refractivity contribution in [2.75, 3.05) is 25.6 Å². The first-order valence-electron chi connectivity index (χ1n) is 7.73. The van der Waals surface area contributed by atoms with Crippen molar-refractivity contribution in [1.82, 2.24) is 4.98 Å². The summed E-state index contributed by atoms with van der Waals surface area (Å²) in [4.78, 5) is 39.3. The molecule has 9 heteroatoms. The van der Waals surface area contributed by atoms with E-state index in [0.29, 0.717) is 23.2 Å². The maximum Gasteiger partial charge on any atom is 0.342 e. The van der Waals surface area contributed by atoms with Crippen molar-refractivity contribution in [1.29, 1.82) is 0 Å². The minimum absolute atomic E-state index is 0.0199. The zero-order chi connectivity index (χ0) is 18.9. The van der Waals surface area contributed by atoms with E-state index in [1.54, 1.807) is 36.6 Å². The van der Waals surface area contributed by atoms with Gasteiger partial charge in [0, 0.05) is 5.38 Å². The average molecular weight is 378 g/mol. The van der Waals surface area contributed by atoms with Crippen LogP contribution in [0.1, 0.15) is 23.0 Å². The van der Waals surface area contributed by atoms with Gasteiger partial charge < -0.3 is 14.2 Å². The summed E-state index contributed by atoms with van der Waals surface area (Å²) in [5, 5.41) is 4.45. The highest BCUT2D eigenvalue weighted by molar-refractivity contribution is 7.13. The molecule has 0 radical (unpaired) electrons. The number of hydrogen-bond acceptors (Lipinski definition) is 8. The smallest absolute Gasteiger partial charge is 0.342 e. The highest BCUT2D eigenvalue weighted by atomic mass is 32.1. The summed E-state index contributed by atoms with van der Waals surface area (Å²) in [5.74, 6) is -1.22. The number of ether oxygens (including phenoxy) is 3. The molecule has 0 bridgehead atoms. The van der Waals surface area contributed by atoms with Crippen molar-refractivity contribution in [2.45, 2.75) is 13.3 Å². The van der Waals surface area contributed by atoms with Crippen LogP contribution in [0.3, 0.4) is 0 Å². The molecular weight excluding hydrogens is 360 g/mol. The molecule has 0 aliphatic rings. The molecule has 0 saturated heterocycles. The number of para-hydroxylation sites is 1. The van der Waals surface area contributed by atoms with Crippen LogP contribution >= 0.6 is 11.3 Å². The molecule has 0 aliphatic carbocycles. The van der Waals surface area contributed by atoms with Gasteiger partial charge >= 0.3 is 11.9 Å². The van der Waals surface area contributed by atoms with E-state index in [9.17, 15) is 14.4 Å². The van der Waals surface area contributed by atoms with Gasteiger partial charge in [0.2, 0.25) is 0 Å². The van der Waals surface area contributed by atoms with Gasteiger partial charge in [0.15, 0.2) is 11.7 Å². The Morgan fingerprint density at radius 2 is 2.00 bits per heavy atom. The summed E-state index contributed by atoms with van der Waals surface area (Å²) < 4.78 is 14.9. The second-order valence-electron chi connectivity index (χ2n) is 4.95. The number of amides is 1. The van der Waals surface area contributed by atoms with Crippen molar-refractivity contribution in [2.24, 2.45) is 0 Å². The van der Waals surface area contributed by atoms with Crippen LogP contribution in [0.4, 0.5) is 5.13 Å². The highest BCUT2D eigenvalue weighted by Gasteiger charge is 2.16. The normalized spacial score (nSPS) is 10.1. The van der Waals surface area contributed by atoms with Crippen molar-refractivity contribution in [3.8, 4) is 5.75 Å². The lowest BCUT2D eigenvalue weighted by Gasteiger charge is -2.09. The Bertz CT molecular complexity index is 789. The predicted molar refractivity (Wildman–Crippen MR) is 94.4 cm³/mol. The molecule has 0 spiro atoms. The molecule has 1 aromatic heterocycles. The fraction of sp³-hybridized carbons (Fsp3) is 0.294. The first kappa shape index (κ1) is 19.4. The van der Waals surface area contributed by atoms with Crippen molar-refractivity contribution in [3.63, 3.8) is 0 Å². The van der Waals surface area contributed by atoms with E-state index in [1.807, 2.05) is 0 Å². The van der Waals surface area contributed by atoms with Gasteiger partial charge in [-0.2, -0.15) is 0 Å². The summed E-state index contributed by atoms with van der Waals surface area (Å²) in [6, 6.07) is 6.63. The van der Waals surface area contributed by atoms with Crippen molar-refractivity contribution in [3.05, 3.63) is 40.9 Å². The first-order chi connectivity index (χ1) is 12.5. The second kappa shape index (κ2) is 9.52. The maximum absolute atomic E-state index is 12.1. The molecule has 1 aromatic carbocycles. The molecule has 0 saturated carbocycles. The summed E-state index contributed by atoms with van der Waals surface area (Å²) >= 11 is 1.16. The van der Waals surface area contributed by atoms with E-state index >= 15 is 0 Å². The highest BCUT2D eigenvalue weighted by Crippen LogP contribution is 2.19. The zero-order valence-electron chi connectivity index (χ0n) is 14.3. The van der Waals surface area contributed by atoms with Gasteiger partial charge in [0.1, 0.15) is 11.3 Å². The number of carbonyl (C=O) groups is 3. The molecule has 0 unspecified atom stereocenters. The van der Waals surface area contributed by atoms with Gasteiger partial charge in [-0.3, -0.25) is 14.9 Å². The van der Waals surface area contributed by atoms with E-state index < -0.39 is 24.5 Å². The molecule has 0 aliphatic heterocycles. The number of methoxy groups -OCH3 is 1. The third kappa shape index (κ3) is 5.55. The molecule has 1 N–H and O–H groups in total. The predicted octanol–water partition coefficient (Wildman–Crippen LogP) is 2.05. The molecule has 0 atom stereocenters. The first-order valence-corrected chi connectivity index (χ1v) is 8.61. The molecule has 1 amide bonds. The monoisotopic (exact) mass is 378 g/mol. The van der Waals surface area contributed by atoms with E-state index in [4.69, 9.17) is 9.47 Å². The summed E-state index contributed by atoms with van der Waals surface area (Å²) in [6.45, 7) is 1.74. The number of esters is 2. The largest absolute Gasteiger partial charge is 0.493 e. The number of rotatable bonds is 8. The number of anilines is 1. The average Bonchev–Trinajstić information content (AvgIpc) is 3.07. The van der Waals surface area contributed by atoms with Gasteiger partial charge in [-0.1, -0.05) is 12.1 Å². The molecule has 8 nitrogen and oxygen atoms in total. The third-order valence-electron chi connectivity index (χ3n) is 3.09. The molecular formula is C17H18N2O6S. The number of aromatic nitrogens is 1. The third-order valence-corrected chi connectivity index (χ3v) is 3.90. The Kier molecular flexibility index (Phi) is 7.10. The molecule has 2 rings (SSSR count). The van der Waals surface area contributed by atoms with Crippen LogP contribution in [0.25, 0.3) is 0 Å². The van der Waals surface area contributed by atoms with Crippen LogP contribution in [-0.4, -0.2) is 43.2 Å². The summed E-state index contributed by atoms with van der Waals surface area (Å²) in [5.41, 5.74) is 0.733. The van der Waals surface area contributed by atoms with Gasteiger partial charge in [-0.25, -0.2) is 9.78 Å². The van der Waals surface area contributed by atoms with Gasteiger partial charge in [0.25, 0.3) is 5.91 Å². The van der Waals surface area contributed by atoms with Gasteiger partial charge in [-0.15, -0.1) is 11.3 Å². The number of nitrogens with zero attached hydrogens (tertiary/aromatic N) is 1. The zero-order valence-corrected chi connectivity index (χ0v) is 15.1. The van der Waals surface area contributed by atoms with Crippen LogP contribution in [0.2, 0.25) is 0 Å². The number of nitrogens with one attached hydrogen (secondary N) is 1. The molecule has 0 fully saturated rings. The number of carbonyl (C=O) groups excluding carboxylic acids is 3. The van der Waals surface area contributed by atoms with Crippen LogP contribution < -0.4 is 10.1 Å². The number of thiazole rings is 1. The van der Waals surface area contributed by atoms with Crippen LogP contribution in [-0.2, 0) is 25.5 Å². The molecule has 1 heterocycles. The Labute approximate surface area is 154 Å². The van der Waals surface area contributed by atoms with E-state index in [2.05, 4.69) is 15.0 Å². The SMILES string of the molecule is CCOc1ccccc1C(=O)OCC(=O)Nc1nc(CC(=O)OC)cs1. The maximum atomic E-state index is 12.1. The minimum Gasteiger partial charge on any atom is -0.493 e. The van der Waals surface area contributed by atoms with E-state index in [0.717, 1.165) is 11.3 Å². The molecule has 26 heavy (non-hydrogen) atoms. The lowest BCUT2D eigenvalue weighted by Crippen LogP contribution is -2.21. The summed E-state index contributed by atoms with van der Waals surface area (Å²) in [6.07, 6.45) is 0.0199. The van der Waals surface area contributed by atoms with Gasteiger partial charge in [0.05, 0.1) is 25.8 Å². The second-order valence-corrected chi connectivity index (χ2v) is 5.81. The van der Waals surface area contributed by atoms with E-state index in [1.165, 1.54) is 7.11 Å². The van der Waals surface area contributed by atoms with Crippen molar-refractivity contribution >= 4 is 34.3 Å². The molecule has 138 valence electrons. The Morgan fingerprint density at radius 3 is 2.73 bits per heavy atom. The van der Waals surface area contributed by atoms with Crippen LogP contribution in [0, 0.1) is 0 Å². The Hall–Kier alpha value is -2.94. The molecule has 2 aromatic rings. The fourth-order valence-corrected chi connectivity index (χ4v) is 2.67.